The average Bonchev–Trinajstić information content (AvgIpc) is 2.35. The molecule has 1 rings (SSSR count). The Morgan fingerprint density at radius 2 is 1.85 bits per heavy atom. The largest absolute Gasteiger partial charge is 0.481 e. The number of hydrogen-bond acceptors (Lipinski definition) is 2. The lowest BCUT2D eigenvalue weighted by Crippen LogP contribution is -2.28. The van der Waals surface area contributed by atoms with Crippen LogP contribution in [0.2, 0.25) is 0 Å². The SMILES string of the molecule is C[C@@H](NC(=O)CCC(=O)O)c1ccccc1C(F)(F)F. The van der Waals surface area contributed by atoms with Crippen molar-refractivity contribution in [3.8, 4) is 0 Å². The van der Waals surface area contributed by atoms with E-state index in [0.29, 0.717) is 0 Å². The van der Waals surface area contributed by atoms with Crippen molar-refractivity contribution >= 4 is 11.9 Å². The first-order valence-corrected chi connectivity index (χ1v) is 5.89. The maximum atomic E-state index is 12.8. The highest BCUT2D eigenvalue weighted by Gasteiger charge is 2.34. The fourth-order valence-electron chi connectivity index (χ4n) is 1.74. The molecule has 0 unspecified atom stereocenters. The Labute approximate surface area is 113 Å². The summed E-state index contributed by atoms with van der Waals surface area (Å²) >= 11 is 0. The number of halogens is 3. The van der Waals surface area contributed by atoms with Crippen LogP contribution in [0.1, 0.15) is 36.9 Å². The topological polar surface area (TPSA) is 66.4 Å². The van der Waals surface area contributed by atoms with E-state index in [-0.39, 0.29) is 18.4 Å². The van der Waals surface area contributed by atoms with Gasteiger partial charge in [0.15, 0.2) is 0 Å². The smallest absolute Gasteiger partial charge is 0.416 e. The predicted molar refractivity (Wildman–Crippen MR) is 64.9 cm³/mol. The molecule has 0 radical (unpaired) electrons. The number of carboxylic acid groups (broad SMARTS) is 1. The third-order valence-corrected chi connectivity index (χ3v) is 2.68. The molecule has 0 saturated carbocycles. The van der Waals surface area contributed by atoms with Crippen molar-refractivity contribution in [1.29, 1.82) is 0 Å². The van der Waals surface area contributed by atoms with Gasteiger partial charge in [0.2, 0.25) is 5.91 Å². The van der Waals surface area contributed by atoms with Crippen LogP contribution in [-0.2, 0) is 15.8 Å². The molecule has 0 aliphatic carbocycles. The molecule has 0 saturated heterocycles. The summed E-state index contributed by atoms with van der Waals surface area (Å²) < 4.78 is 38.4. The van der Waals surface area contributed by atoms with E-state index in [2.05, 4.69) is 5.32 Å². The number of benzene rings is 1. The minimum atomic E-state index is -4.50. The maximum Gasteiger partial charge on any atom is 0.416 e. The number of carbonyl (C=O) groups is 2. The summed E-state index contributed by atoms with van der Waals surface area (Å²) in [6, 6.07) is 4.09. The molecule has 0 fully saturated rings. The quantitative estimate of drug-likeness (QED) is 0.876. The first-order valence-electron chi connectivity index (χ1n) is 5.89. The summed E-state index contributed by atoms with van der Waals surface area (Å²) in [6.45, 7) is 1.42. The number of alkyl halides is 3. The zero-order valence-electron chi connectivity index (χ0n) is 10.7. The number of amides is 1. The Morgan fingerprint density at radius 3 is 2.40 bits per heavy atom. The van der Waals surface area contributed by atoms with Crippen LogP contribution in [0.5, 0.6) is 0 Å². The van der Waals surface area contributed by atoms with Gasteiger partial charge < -0.3 is 10.4 Å². The number of hydrogen-bond donors (Lipinski definition) is 2. The van der Waals surface area contributed by atoms with Crippen molar-refractivity contribution in [2.24, 2.45) is 0 Å². The van der Waals surface area contributed by atoms with Gasteiger partial charge >= 0.3 is 12.1 Å². The molecule has 1 amide bonds. The molecule has 1 aromatic carbocycles. The van der Waals surface area contributed by atoms with Crippen LogP contribution in [-0.4, -0.2) is 17.0 Å². The van der Waals surface area contributed by atoms with E-state index in [1.165, 1.54) is 25.1 Å². The average molecular weight is 289 g/mol. The lowest BCUT2D eigenvalue weighted by Gasteiger charge is -2.19. The van der Waals surface area contributed by atoms with Crippen LogP contribution in [0.25, 0.3) is 0 Å². The van der Waals surface area contributed by atoms with Crippen molar-refractivity contribution in [2.75, 3.05) is 0 Å². The van der Waals surface area contributed by atoms with Gasteiger partial charge in [-0.1, -0.05) is 18.2 Å². The van der Waals surface area contributed by atoms with E-state index in [1.807, 2.05) is 0 Å². The minimum absolute atomic E-state index is 0.0522. The van der Waals surface area contributed by atoms with Crippen LogP contribution < -0.4 is 5.32 Å². The van der Waals surface area contributed by atoms with Crippen LogP contribution >= 0.6 is 0 Å². The lowest BCUT2D eigenvalue weighted by molar-refractivity contribution is -0.139. The summed E-state index contributed by atoms with van der Waals surface area (Å²) in [5.74, 6) is -1.74. The highest BCUT2D eigenvalue weighted by molar-refractivity contribution is 5.80. The fraction of sp³-hybridized carbons (Fsp3) is 0.385. The van der Waals surface area contributed by atoms with Crippen LogP contribution in [0.3, 0.4) is 0 Å². The first-order chi connectivity index (χ1) is 9.21. The molecule has 7 heteroatoms. The summed E-state index contributed by atoms with van der Waals surface area (Å²) in [4.78, 5) is 21.8. The number of aliphatic carboxylic acids is 1. The highest BCUT2D eigenvalue weighted by Crippen LogP contribution is 2.34. The second kappa shape index (κ2) is 6.40. The van der Waals surface area contributed by atoms with Crippen molar-refractivity contribution < 1.29 is 27.9 Å². The molecule has 1 atom stereocenters. The highest BCUT2D eigenvalue weighted by atomic mass is 19.4. The Balaban J connectivity index is 2.80. The molecule has 0 aliphatic heterocycles. The maximum absolute atomic E-state index is 12.8. The third-order valence-electron chi connectivity index (χ3n) is 2.68. The monoisotopic (exact) mass is 289 g/mol. The molecular weight excluding hydrogens is 275 g/mol. The second-order valence-corrected chi connectivity index (χ2v) is 4.27. The molecule has 20 heavy (non-hydrogen) atoms. The standard InChI is InChI=1S/C13H14F3NO3/c1-8(17-11(18)6-7-12(19)20)9-4-2-3-5-10(9)13(14,15)16/h2-5,8H,6-7H2,1H3,(H,17,18)(H,19,20)/t8-/m1/s1. The number of carbonyl (C=O) groups excluding carboxylic acids is 1. The molecule has 0 aromatic heterocycles. The molecule has 0 bridgehead atoms. The van der Waals surface area contributed by atoms with Gasteiger partial charge in [-0.2, -0.15) is 13.2 Å². The number of carboxylic acids is 1. The van der Waals surface area contributed by atoms with Gasteiger partial charge in [-0.25, -0.2) is 0 Å². The van der Waals surface area contributed by atoms with Crippen LogP contribution in [0.15, 0.2) is 24.3 Å². The van der Waals surface area contributed by atoms with Crippen molar-refractivity contribution in [2.45, 2.75) is 32.0 Å². The Bertz CT molecular complexity index is 500. The van der Waals surface area contributed by atoms with Crippen molar-refractivity contribution in [3.05, 3.63) is 35.4 Å². The fourth-order valence-corrected chi connectivity index (χ4v) is 1.74. The van der Waals surface area contributed by atoms with E-state index in [9.17, 15) is 22.8 Å². The van der Waals surface area contributed by atoms with Gasteiger partial charge in [0.25, 0.3) is 0 Å². The molecule has 110 valence electrons. The molecule has 1 aromatic rings. The molecule has 0 heterocycles. The Hall–Kier alpha value is -2.05. The van der Waals surface area contributed by atoms with Gasteiger partial charge in [0, 0.05) is 6.42 Å². The normalized spacial score (nSPS) is 12.8. The number of rotatable bonds is 5. The summed E-state index contributed by atoms with van der Waals surface area (Å²) in [5.41, 5.74) is -0.866. The van der Waals surface area contributed by atoms with E-state index in [1.54, 1.807) is 0 Å². The predicted octanol–water partition coefficient (Wildman–Crippen LogP) is 2.75. The number of nitrogens with one attached hydrogen (secondary N) is 1. The van der Waals surface area contributed by atoms with Gasteiger partial charge in [-0.05, 0) is 18.6 Å². The summed E-state index contributed by atoms with van der Waals surface area (Å²) in [5, 5.41) is 10.8. The minimum Gasteiger partial charge on any atom is -0.481 e. The van der Waals surface area contributed by atoms with E-state index in [0.717, 1.165) is 6.07 Å². The van der Waals surface area contributed by atoms with Gasteiger partial charge in [0.1, 0.15) is 0 Å². The molecule has 4 nitrogen and oxygen atoms in total. The van der Waals surface area contributed by atoms with Crippen LogP contribution in [0.4, 0.5) is 13.2 Å². The van der Waals surface area contributed by atoms with E-state index < -0.39 is 29.7 Å². The Morgan fingerprint density at radius 1 is 1.25 bits per heavy atom. The first kappa shape index (κ1) is 16.0. The zero-order chi connectivity index (χ0) is 15.3. The van der Waals surface area contributed by atoms with Crippen molar-refractivity contribution in [1.82, 2.24) is 5.32 Å². The second-order valence-electron chi connectivity index (χ2n) is 4.27. The van der Waals surface area contributed by atoms with Gasteiger partial charge in [-0.15, -0.1) is 0 Å². The summed E-state index contributed by atoms with van der Waals surface area (Å²) in [7, 11) is 0. The summed E-state index contributed by atoms with van der Waals surface area (Å²) in [6.07, 6.45) is -5.13. The van der Waals surface area contributed by atoms with Crippen LogP contribution in [0, 0.1) is 0 Å². The molecule has 0 spiro atoms. The molecular formula is C13H14F3NO3. The third kappa shape index (κ3) is 4.56. The van der Waals surface area contributed by atoms with E-state index in [4.69, 9.17) is 5.11 Å². The zero-order valence-corrected chi connectivity index (χ0v) is 10.7. The van der Waals surface area contributed by atoms with E-state index >= 15 is 0 Å². The molecule has 0 aliphatic rings. The van der Waals surface area contributed by atoms with Gasteiger partial charge in [0.05, 0.1) is 18.0 Å². The Kier molecular flexibility index (Phi) is 5.12. The lowest BCUT2D eigenvalue weighted by atomic mass is 10.0. The van der Waals surface area contributed by atoms with Crippen molar-refractivity contribution in [3.63, 3.8) is 0 Å². The van der Waals surface area contributed by atoms with Gasteiger partial charge in [-0.3, -0.25) is 9.59 Å². The molecule has 2 N–H and O–H groups in total.